The van der Waals surface area contributed by atoms with Crippen LogP contribution in [0.5, 0.6) is 0 Å². The van der Waals surface area contributed by atoms with Crippen LogP contribution in [0.1, 0.15) is 83.1 Å². The van der Waals surface area contributed by atoms with Gasteiger partial charge in [-0.3, -0.25) is 0 Å². The van der Waals surface area contributed by atoms with Crippen LogP contribution in [-0.2, 0) is 6.42 Å². The predicted molar refractivity (Wildman–Crippen MR) is 96.3 cm³/mol. The molecule has 0 bridgehead atoms. The first-order chi connectivity index (χ1) is 10.9. The number of alkyl halides is 2. The molecule has 0 spiro atoms. The van der Waals surface area contributed by atoms with E-state index in [2.05, 4.69) is 37.3 Å². The van der Waals surface area contributed by atoms with Gasteiger partial charge in [0.05, 0.1) is 0 Å². The maximum atomic E-state index is 2.30. The van der Waals surface area contributed by atoms with E-state index in [1.165, 1.54) is 87.0 Å². The van der Waals surface area contributed by atoms with Gasteiger partial charge in [0.15, 0.2) is 0 Å². The van der Waals surface area contributed by atoms with Crippen molar-refractivity contribution in [2.45, 2.75) is 84.0 Å². The van der Waals surface area contributed by atoms with Crippen molar-refractivity contribution in [2.75, 3.05) is 8.86 Å². The molecule has 0 heterocycles. The molecule has 0 fully saturated rings. The first kappa shape index (κ1) is 20.0. The molecule has 0 aromatic heterocycles. The zero-order valence-corrected chi connectivity index (χ0v) is 16.8. The van der Waals surface area contributed by atoms with Crippen LogP contribution in [0.2, 0.25) is 0 Å². The normalized spacial score (nSPS) is 11.1. The van der Waals surface area contributed by atoms with Gasteiger partial charge < -0.3 is 0 Å². The molecular weight excluding hydrogens is 379 g/mol. The Hall–Kier alpha value is -0.0500. The van der Waals surface area contributed by atoms with Gasteiger partial charge in [-0.25, -0.2) is 0 Å². The summed E-state index contributed by atoms with van der Waals surface area (Å²) in [6, 6.07) is 11.0. The van der Waals surface area contributed by atoms with Gasteiger partial charge in [0.25, 0.3) is 0 Å². The summed E-state index contributed by atoms with van der Waals surface area (Å²) in [5, 5.41) is 0. The van der Waals surface area contributed by atoms with Gasteiger partial charge in [-0.15, -0.1) is 0 Å². The summed E-state index contributed by atoms with van der Waals surface area (Å²) in [4.78, 5) is 0. The SMILES string of the molecule is CCCCCCCCCCCC[I-]CCCc1ccccc1. The van der Waals surface area contributed by atoms with Crippen LogP contribution in [-0.4, -0.2) is 8.86 Å². The number of hydrogen-bond donors (Lipinski definition) is 0. The minimum atomic E-state index is 0.490. The van der Waals surface area contributed by atoms with Gasteiger partial charge in [-0.1, -0.05) is 0 Å². The van der Waals surface area contributed by atoms with E-state index >= 15 is 0 Å². The van der Waals surface area contributed by atoms with Gasteiger partial charge in [-0.2, -0.15) is 0 Å². The summed E-state index contributed by atoms with van der Waals surface area (Å²) in [5.74, 6) is 0. The van der Waals surface area contributed by atoms with Crippen LogP contribution in [0, 0.1) is 0 Å². The van der Waals surface area contributed by atoms with E-state index in [0.29, 0.717) is 21.2 Å². The minimum absolute atomic E-state index is 0.490. The number of benzene rings is 1. The monoisotopic (exact) mass is 415 g/mol. The molecule has 1 aromatic rings. The molecule has 22 heavy (non-hydrogen) atoms. The Kier molecular flexibility index (Phi) is 14.4. The van der Waals surface area contributed by atoms with Crippen LogP contribution in [0.3, 0.4) is 0 Å². The zero-order valence-electron chi connectivity index (χ0n) is 14.7. The molecule has 1 aromatic carbocycles. The summed E-state index contributed by atoms with van der Waals surface area (Å²) in [7, 11) is 0. The topological polar surface area (TPSA) is 0 Å². The number of unbranched alkanes of at least 4 members (excludes halogenated alkanes) is 9. The van der Waals surface area contributed by atoms with Crippen molar-refractivity contribution in [3.8, 4) is 0 Å². The second-order valence-electron chi connectivity index (χ2n) is 6.34. The average molecular weight is 415 g/mol. The quantitative estimate of drug-likeness (QED) is 0.233. The molecule has 0 aliphatic heterocycles. The second-order valence-corrected chi connectivity index (χ2v) is 9.57. The number of aryl methyl sites for hydroxylation is 1. The van der Waals surface area contributed by atoms with Crippen LogP contribution in [0.25, 0.3) is 0 Å². The third kappa shape index (κ3) is 12.5. The van der Waals surface area contributed by atoms with E-state index in [0.717, 1.165) is 0 Å². The number of hydrogen-bond acceptors (Lipinski definition) is 0. The molecule has 0 aliphatic rings. The van der Waals surface area contributed by atoms with E-state index in [9.17, 15) is 0 Å². The summed E-state index contributed by atoms with van der Waals surface area (Å²) in [6.45, 7) is 2.30. The van der Waals surface area contributed by atoms with Crippen molar-refractivity contribution in [1.29, 1.82) is 0 Å². The molecule has 128 valence electrons. The Labute approximate surface area is 149 Å². The van der Waals surface area contributed by atoms with Crippen molar-refractivity contribution in [1.82, 2.24) is 0 Å². The van der Waals surface area contributed by atoms with Crippen molar-refractivity contribution >= 4 is 0 Å². The molecule has 0 amide bonds. The maximum absolute atomic E-state index is 2.30. The number of rotatable bonds is 15. The van der Waals surface area contributed by atoms with Gasteiger partial charge >= 0.3 is 150 Å². The molecule has 1 heteroatoms. The fourth-order valence-electron chi connectivity index (χ4n) is 2.78. The van der Waals surface area contributed by atoms with E-state index in [4.69, 9.17) is 0 Å². The molecule has 0 radical (unpaired) electrons. The summed E-state index contributed by atoms with van der Waals surface area (Å²) in [6.07, 6.45) is 17.4. The molecule has 0 N–H and O–H groups in total. The van der Waals surface area contributed by atoms with Crippen molar-refractivity contribution in [3.63, 3.8) is 0 Å². The Balaban J connectivity index is 1.73. The molecule has 1 rings (SSSR count). The average Bonchev–Trinajstić information content (AvgIpc) is 2.56. The van der Waals surface area contributed by atoms with E-state index < -0.39 is 0 Å². The first-order valence-corrected chi connectivity index (χ1v) is 12.6. The fourth-order valence-corrected chi connectivity index (χ4v) is 5.32. The van der Waals surface area contributed by atoms with Crippen molar-refractivity contribution in [3.05, 3.63) is 35.9 Å². The zero-order chi connectivity index (χ0) is 15.7. The fraction of sp³-hybridized carbons (Fsp3) is 0.714. The second kappa shape index (κ2) is 15.8. The Bertz CT molecular complexity index is 320. The third-order valence-corrected chi connectivity index (χ3v) is 7.25. The van der Waals surface area contributed by atoms with E-state index in [1.54, 1.807) is 4.43 Å². The van der Waals surface area contributed by atoms with Gasteiger partial charge in [0.2, 0.25) is 0 Å². The van der Waals surface area contributed by atoms with Gasteiger partial charge in [0, 0.05) is 0 Å². The Morgan fingerprint density at radius 2 is 1.18 bits per heavy atom. The molecule has 0 saturated carbocycles. The molecule has 0 nitrogen and oxygen atoms in total. The summed E-state index contributed by atoms with van der Waals surface area (Å²) in [5.41, 5.74) is 1.52. The van der Waals surface area contributed by atoms with Crippen LogP contribution < -0.4 is 21.2 Å². The standard InChI is InChI=1S/C21H36I/c1-2-3-4-5-6-7-8-9-10-14-19-22-20-15-18-21-16-12-11-13-17-21/h11-13,16-17H,2-10,14-15,18-20H2,1H3/q-1. The van der Waals surface area contributed by atoms with Crippen LogP contribution in [0.4, 0.5) is 0 Å². The third-order valence-electron chi connectivity index (χ3n) is 4.20. The van der Waals surface area contributed by atoms with Crippen LogP contribution >= 0.6 is 0 Å². The summed E-state index contributed by atoms with van der Waals surface area (Å²) >= 11 is 0.490. The first-order valence-electron chi connectivity index (χ1n) is 9.51. The predicted octanol–water partition coefficient (Wildman–Crippen LogP) is 3.63. The van der Waals surface area contributed by atoms with Crippen molar-refractivity contribution < 1.29 is 21.2 Å². The van der Waals surface area contributed by atoms with E-state index in [-0.39, 0.29) is 0 Å². The van der Waals surface area contributed by atoms with E-state index in [1.807, 2.05) is 0 Å². The molecule has 0 unspecified atom stereocenters. The van der Waals surface area contributed by atoms with Crippen molar-refractivity contribution in [2.24, 2.45) is 0 Å². The van der Waals surface area contributed by atoms with Crippen LogP contribution in [0.15, 0.2) is 30.3 Å². The summed E-state index contributed by atoms with van der Waals surface area (Å²) < 4.78 is 3.08. The number of halogens is 1. The Morgan fingerprint density at radius 3 is 1.82 bits per heavy atom. The molecular formula is C21H36I-. The molecule has 0 atom stereocenters. The molecule has 0 aliphatic carbocycles. The Morgan fingerprint density at radius 1 is 0.636 bits per heavy atom. The van der Waals surface area contributed by atoms with Gasteiger partial charge in [-0.05, 0) is 0 Å². The molecule has 0 saturated heterocycles. The van der Waals surface area contributed by atoms with Gasteiger partial charge in [0.1, 0.15) is 0 Å².